The lowest BCUT2D eigenvalue weighted by atomic mass is 10.1. The van der Waals surface area contributed by atoms with E-state index in [1.165, 1.54) is 0 Å². The van der Waals surface area contributed by atoms with Crippen LogP contribution in [0.15, 0.2) is 60.7 Å². The Morgan fingerprint density at radius 1 is 1.04 bits per heavy atom. The van der Waals surface area contributed by atoms with Crippen LogP contribution in [0.1, 0.15) is 28.9 Å². The molecule has 3 aromatic carbocycles. The van der Waals surface area contributed by atoms with Crippen LogP contribution in [-0.4, -0.2) is 25.3 Å². The van der Waals surface area contributed by atoms with Crippen LogP contribution in [0.3, 0.4) is 0 Å². The van der Waals surface area contributed by atoms with E-state index in [9.17, 15) is 9.59 Å². The molecule has 1 atom stereocenters. The minimum absolute atomic E-state index is 0.198. The molecule has 0 radical (unpaired) electrons. The Morgan fingerprint density at radius 3 is 2.71 bits per heavy atom. The van der Waals surface area contributed by atoms with E-state index in [1.807, 2.05) is 49.4 Å². The van der Waals surface area contributed by atoms with Crippen molar-refractivity contribution in [2.75, 3.05) is 13.4 Å². The van der Waals surface area contributed by atoms with Gasteiger partial charge in [-0.15, -0.1) is 0 Å². The van der Waals surface area contributed by atoms with Crippen molar-refractivity contribution < 1.29 is 23.8 Å². The molecule has 142 valence electrons. The number of hydrogen-bond acceptors (Lipinski definition) is 5. The van der Waals surface area contributed by atoms with Crippen molar-refractivity contribution >= 4 is 22.6 Å². The number of ether oxygens (including phenoxy) is 3. The number of rotatable bonds is 5. The number of benzene rings is 3. The van der Waals surface area contributed by atoms with Gasteiger partial charge in [0.15, 0.2) is 18.1 Å². The largest absolute Gasteiger partial charge is 0.454 e. The van der Waals surface area contributed by atoms with Crippen molar-refractivity contribution in [1.29, 1.82) is 0 Å². The standard InChI is InChI=1S/C22H19NO5/c1-14(16-9-10-19-20(11-16)28-13-27-19)23-21(24)12-26-22(25)18-8-4-6-15-5-2-3-7-17(15)18/h2-11,14H,12-13H2,1H3,(H,23,24)/t14-/m1/s1. The van der Waals surface area contributed by atoms with E-state index in [0.717, 1.165) is 16.3 Å². The van der Waals surface area contributed by atoms with Gasteiger partial charge in [-0.3, -0.25) is 4.79 Å². The summed E-state index contributed by atoms with van der Waals surface area (Å²) in [4.78, 5) is 24.6. The topological polar surface area (TPSA) is 73.9 Å². The van der Waals surface area contributed by atoms with E-state index in [4.69, 9.17) is 14.2 Å². The Kier molecular flexibility index (Phi) is 4.85. The molecule has 0 spiro atoms. The smallest absolute Gasteiger partial charge is 0.339 e. The second-order valence-electron chi connectivity index (χ2n) is 6.50. The molecule has 0 fully saturated rings. The first kappa shape index (κ1) is 17.9. The molecular weight excluding hydrogens is 358 g/mol. The average Bonchev–Trinajstić information content (AvgIpc) is 3.19. The fourth-order valence-electron chi connectivity index (χ4n) is 3.16. The molecule has 1 aliphatic rings. The third-order valence-electron chi connectivity index (χ3n) is 4.62. The van der Waals surface area contributed by atoms with Crippen LogP contribution in [0, 0.1) is 0 Å². The highest BCUT2D eigenvalue weighted by Crippen LogP contribution is 2.34. The zero-order chi connectivity index (χ0) is 19.5. The second-order valence-corrected chi connectivity index (χ2v) is 6.50. The fraction of sp³-hybridized carbons (Fsp3) is 0.182. The van der Waals surface area contributed by atoms with Gasteiger partial charge in [-0.05, 0) is 41.5 Å². The lowest BCUT2D eigenvalue weighted by molar-refractivity contribution is -0.124. The quantitative estimate of drug-likeness (QED) is 0.688. The summed E-state index contributed by atoms with van der Waals surface area (Å²) in [7, 11) is 0. The van der Waals surface area contributed by atoms with Crippen molar-refractivity contribution in [1.82, 2.24) is 5.32 Å². The highest BCUT2D eigenvalue weighted by molar-refractivity contribution is 6.04. The molecule has 6 heteroatoms. The summed E-state index contributed by atoms with van der Waals surface area (Å²) in [6.07, 6.45) is 0. The van der Waals surface area contributed by atoms with Gasteiger partial charge in [0.2, 0.25) is 6.79 Å². The Balaban J connectivity index is 1.37. The Bertz CT molecular complexity index is 1040. The van der Waals surface area contributed by atoms with E-state index >= 15 is 0 Å². The van der Waals surface area contributed by atoms with Gasteiger partial charge in [0.05, 0.1) is 11.6 Å². The van der Waals surface area contributed by atoms with Gasteiger partial charge in [-0.25, -0.2) is 4.79 Å². The Morgan fingerprint density at radius 2 is 1.82 bits per heavy atom. The first-order valence-electron chi connectivity index (χ1n) is 8.95. The van der Waals surface area contributed by atoms with Crippen molar-refractivity contribution in [2.24, 2.45) is 0 Å². The molecule has 28 heavy (non-hydrogen) atoms. The number of hydrogen-bond donors (Lipinski definition) is 1. The van der Waals surface area contributed by atoms with E-state index < -0.39 is 5.97 Å². The third kappa shape index (κ3) is 3.62. The number of fused-ring (bicyclic) bond motifs is 2. The van der Waals surface area contributed by atoms with Gasteiger partial charge in [-0.2, -0.15) is 0 Å². The van der Waals surface area contributed by atoms with Gasteiger partial charge >= 0.3 is 5.97 Å². The van der Waals surface area contributed by atoms with Gasteiger partial charge in [0, 0.05) is 0 Å². The normalized spacial score (nSPS) is 13.2. The first-order chi connectivity index (χ1) is 13.6. The molecular formula is C22H19NO5. The van der Waals surface area contributed by atoms with Crippen LogP contribution in [0.2, 0.25) is 0 Å². The zero-order valence-electron chi connectivity index (χ0n) is 15.3. The molecule has 0 unspecified atom stereocenters. The number of carbonyl (C=O) groups excluding carboxylic acids is 2. The van der Waals surface area contributed by atoms with Crippen molar-refractivity contribution in [2.45, 2.75) is 13.0 Å². The predicted molar refractivity (Wildman–Crippen MR) is 103 cm³/mol. The maximum absolute atomic E-state index is 12.4. The number of nitrogens with one attached hydrogen (secondary N) is 1. The first-order valence-corrected chi connectivity index (χ1v) is 8.95. The monoisotopic (exact) mass is 377 g/mol. The Hall–Kier alpha value is -3.54. The number of esters is 1. The minimum atomic E-state index is -0.525. The summed E-state index contributed by atoms with van der Waals surface area (Å²) in [5.74, 6) is 0.439. The molecule has 0 aromatic heterocycles. The highest BCUT2D eigenvalue weighted by atomic mass is 16.7. The van der Waals surface area contributed by atoms with Crippen LogP contribution in [0.4, 0.5) is 0 Å². The van der Waals surface area contributed by atoms with Gasteiger partial charge < -0.3 is 19.5 Å². The van der Waals surface area contributed by atoms with Crippen molar-refractivity contribution in [3.05, 3.63) is 71.8 Å². The van der Waals surface area contributed by atoms with Crippen LogP contribution >= 0.6 is 0 Å². The molecule has 1 N–H and O–H groups in total. The van der Waals surface area contributed by atoms with Crippen LogP contribution in [-0.2, 0) is 9.53 Å². The summed E-state index contributed by atoms with van der Waals surface area (Å²) in [5, 5.41) is 4.56. The number of carbonyl (C=O) groups is 2. The van der Waals surface area contributed by atoms with E-state index in [-0.39, 0.29) is 25.3 Å². The molecule has 1 heterocycles. The summed E-state index contributed by atoms with van der Waals surface area (Å²) < 4.78 is 15.9. The molecule has 3 aromatic rings. The molecule has 0 saturated carbocycles. The fourth-order valence-corrected chi connectivity index (χ4v) is 3.16. The van der Waals surface area contributed by atoms with Gasteiger partial charge in [0.1, 0.15) is 0 Å². The number of amides is 1. The SMILES string of the molecule is C[C@@H](NC(=O)COC(=O)c1cccc2ccccc12)c1ccc2c(c1)OCO2. The lowest BCUT2D eigenvalue weighted by Gasteiger charge is -2.15. The van der Waals surface area contributed by atoms with E-state index in [2.05, 4.69) is 5.32 Å². The summed E-state index contributed by atoms with van der Waals surface area (Å²) in [6.45, 7) is 1.70. The molecule has 6 nitrogen and oxygen atoms in total. The summed E-state index contributed by atoms with van der Waals surface area (Å²) in [5.41, 5.74) is 1.31. The van der Waals surface area contributed by atoms with Gasteiger partial charge in [-0.1, -0.05) is 42.5 Å². The van der Waals surface area contributed by atoms with Gasteiger partial charge in [0.25, 0.3) is 5.91 Å². The Labute approximate surface area is 162 Å². The third-order valence-corrected chi connectivity index (χ3v) is 4.62. The maximum Gasteiger partial charge on any atom is 0.339 e. The molecule has 1 aliphatic heterocycles. The lowest BCUT2D eigenvalue weighted by Crippen LogP contribution is -2.31. The zero-order valence-corrected chi connectivity index (χ0v) is 15.3. The average molecular weight is 377 g/mol. The molecule has 0 saturated heterocycles. The van der Waals surface area contributed by atoms with Crippen LogP contribution in [0.25, 0.3) is 10.8 Å². The van der Waals surface area contributed by atoms with E-state index in [1.54, 1.807) is 18.2 Å². The van der Waals surface area contributed by atoms with Crippen molar-refractivity contribution in [3.63, 3.8) is 0 Å². The van der Waals surface area contributed by atoms with Crippen LogP contribution in [0.5, 0.6) is 11.5 Å². The molecule has 1 amide bonds. The van der Waals surface area contributed by atoms with E-state index in [0.29, 0.717) is 17.1 Å². The second kappa shape index (κ2) is 7.60. The predicted octanol–water partition coefficient (Wildman–Crippen LogP) is 3.60. The minimum Gasteiger partial charge on any atom is -0.454 e. The van der Waals surface area contributed by atoms with Crippen molar-refractivity contribution in [3.8, 4) is 11.5 Å². The van der Waals surface area contributed by atoms with Crippen LogP contribution < -0.4 is 14.8 Å². The summed E-state index contributed by atoms with van der Waals surface area (Å²) >= 11 is 0. The maximum atomic E-state index is 12.4. The summed E-state index contributed by atoms with van der Waals surface area (Å²) in [6, 6.07) is 18.2. The molecule has 0 bridgehead atoms. The highest BCUT2D eigenvalue weighted by Gasteiger charge is 2.18. The molecule has 0 aliphatic carbocycles. The molecule has 4 rings (SSSR count).